The van der Waals surface area contributed by atoms with Gasteiger partial charge in [0.15, 0.2) is 0 Å². The van der Waals surface area contributed by atoms with Crippen molar-refractivity contribution in [1.82, 2.24) is 10.3 Å². The Morgan fingerprint density at radius 3 is 2.94 bits per heavy atom. The Bertz CT molecular complexity index is 353. The SMILES string of the molecule is NC(CC(=O)O)C(=O)NCCc1nccs1. The number of carbonyl (C=O) groups is 2. The Kier molecular flexibility index (Phi) is 4.87. The molecule has 4 N–H and O–H groups in total. The summed E-state index contributed by atoms with van der Waals surface area (Å²) in [6.07, 6.45) is 1.96. The quantitative estimate of drug-likeness (QED) is 0.630. The maximum absolute atomic E-state index is 11.3. The largest absolute Gasteiger partial charge is 0.481 e. The average Bonchev–Trinajstić information content (AvgIpc) is 2.69. The van der Waals surface area contributed by atoms with Crippen LogP contribution in [-0.4, -0.2) is 34.6 Å². The van der Waals surface area contributed by atoms with Gasteiger partial charge in [0, 0.05) is 24.5 Å². The third-order valence-electron chi connectivity index (χ3n) is 1.85. The minimum Gasteiger partial charge on any atom is -0.481 e. The van der Waals surface area contributed by atoms with Crippen LogP contribution in [0, 0.1) is 0 Å². The minimum atomic E-state index is -1.08. The molecule has 0 saturated heterocycles. The number of aliphatic carboxylic acids is 1. The standard InChI is InChI=1S/C9H13N3O3S/c10-6(5-8(13)14)9(15)12-2-1-7-11-3-4-16-7/h3-4,6H,1-2,5,10H2,(H,12,15)(H,13,14). The molecule has 0 aromatic carbocycles. The molecule has 6 nitrogen and oxygen atoms in total. The molecule has 1 atom stereocenters. The summed E-state index contributed by atoms with van der Waals surface area (Å²) < 4.78 is 0. The molecule has 0 radical (unpaired) electrons. The molecule has 1 rings (SSSR count). The first-order chi connectivity index (χ1) is 7.59. The van der Waals surface area contributed by atoms with E-state index in [0.29, 0.717) is 13.0 Å². The molecule has 0 saturated carbocycles. The van der Waals surface area contributed by atoms with Gasteiger partial charge in [0.25, 0.3) is 0 Å². The van der Waals surface area contributed by atoms with Crippen LogP contribution in [0.5, 0.6) is 0 Å². The van der Waals surface area contributed by atoms with Crippen LogP contribution >= 0.6 is 11.3 Å². The van der Waals surface area contributed by atoms with Crippen molar-refractivity contribution in [1.29, 1.82) is 0 Å². The maximum atomic E-state index is 11.3. The van der Waals surface area contributed by atoms with Crippen LogP contribution in [0.1, 0.15) is 11.4 Å². The monoisotopic (exact) mass is 243 g/mol. The zero-order valence-electron chi connectivity index (χ0n) is 8.55. The van der Waals surface area contributed by atoms with Crippen molar-refractivity contribution < 1.29 is 14.7 Å². The lowest BCUT2D eigenvalue weighted by Crippen LogP contribution is -2.42. The van der Waals surface area contributed by atoms with E-state index in [4.69, 9.17) is 10.8 Å². The van der Waals surface area contributed by atoms with Crippen LogP contribution < -0.4 is 11.1 Å². The van der Waals surface area contributed by atoms with Crippen LogP contribution in [0.3, 0.4) is 0 Å². The number of carboxylic acid groups (broad SMARTS) is 1. The maximum Gasteiger partial charge on any atom is 0.305 e. The van der Waals surface area contributed by atoms with E-state index in [2.05, 4.69) is 10.3 Å². The molecule has 1 amide bonds. The first-order valence-corrected chi connectivity index (χ1v) is 5.61. The Morgan fingerprint density at radius 2 is 2.38 bits per heavy atom. The average molecular weight is 243 g/mol. The molecular formula is C9H13N3O3S. The second-order valence-corrected chi connectivity index (χ2v) is 4.15. The fraction of sp³-hybridized carbons (Fsp3) is 0.444. The Morgan fingerprint density at radius 1 is 1.62 bits per heavy atom. The second kappa shape index (κ2) is 6.19. The van der Waals surface area contributed by atoms with Crippen molar-refractivity contribution in [3.63, 3.8) is 0 Å². The van der Waals surface area contributed by atoms with E-state index in [1.165, 1.54) is 11.3 Å². The zero-order chi connectivity index (χ0) is 12.0. The van der Waals surface area contributed by atoms with Crippen LogP contribution in [0.25, 0.3) is 0 Å². The van der Waals surface area contributed by atoms with Gasteiger partial charge in [0.1, 0.15) is 0 Å². The lowest BCUT2D eigenvalue weighted by molar-refractivity contribution is -0.139. The number of amides is 1. The molecule has 88 valence electrons. The molecule has 0 aliphatic rings. The Hall–Kier alpha value is -1.47. The van der Waals surface area contributed by atoms with Gasteiger partial charge in [0.05, 0.1) is 17.5 Å². The van der Waals surface area contributed by atoms with Crippen LogP contribution in [0.4, 0.5) is 0 Å². The van der Waals surface area contributed by atoms with Crippen molar-refractivity contribution >= 4 is 23.2 Å². The Labute approximate surface area is 96.5 Å². The fourth-order valence-electron chi connectivity index (χ4n) is 1.08. The molecule has 1 aromatic rings. The summed E-state index contributed by atoms with van der Waals surface area (Å²) >= 11 is 1.51. The fourth-order valence-corrected chi connectivity index (χ4v) is 1.70. The highest BCUT2D eigenvalue weighted by Crippen LogP contribution is 2.03. The number of nitrogens with zero attached hydrogens (tertiary/aromatic N) is 1. The second-order valence-electron chi connectivity index (χ2n) is 3.17. The van der Waals surface area contributed by atoms with Gasteiger partial charge in [0.2, 0.25) is 5.91 Å². The number of rotatable bonds is 6. The highest BCUT2D eigenvalue weighted by Gasteiger charge is 2.16. The summed E-state index contributed by atoms with van der Waals surface area (Å²) in [4.78, 5) is 25.6. The molecule has 16 heavy (non-hydrogen) atoms. The van der Waals surface area contributed by atoms with Gasteiger partial charge in [-0.25, -0.2) is 4.98 Å². The predicted octanol–water partition coefficient (Wildman–Crippen LogP) is -0.396. The molecule has 0 bridgehead atoms. The number of thiazole rings is 1. The number of carboxylic acids is 1. The molecule has 1 aromatic heterocycles. The summed E-state index contributed by atoms with van der Waals surface area (Å²) in [6, 6.07) is -0.992. The summed E-state index contributed by atoms with van der Waals surface area (Å²) in [7, 11) is 0. The van der Waals surface area contributed by atoms with E-state index in [0.717, 1.165) is 5.01 Å². The van der Waals surface area contributed by atoms with Crippen molar-refractivity contribution in [2.24, 2.45) is 5.73 Å². The number of nitrogens with two attached hydrogens (primary N) is 1. The molecule has 0 aliphatic carbocycles. The van der Waals surface area contributed by atoms with Crippen molar-refractivity contribution in [3.05, 3.63) is 16.6 Å². The normalized spacial score (nSPS) is 12.1. The van der Waals surface area contributed by atoms with Crippen molar-refractivity contribution in [2.75, 3.05) is 6.54 Å². The highest BCUT2D eigenvalue weighted by molar-refractivity contribution is 7.09. The van der Waals surface area contributed by atoms with Crippen molar-refractivity contribution in [2.45, 2.75) is 18.9 Å². The number of hydrogen-bond donors (Lipinski definition) is 3. The first-order valence-electron chi connectivity index (χ1n) is 4.73. The number of nitrogens with one attached hydrogen (secondary N) is 1. The topological polar surface area (TPSA) is 105 Å². The van der Waals surface area contributed by atoms with Crippen LogP contribution in [-0.2, 0) is 16.0 Å². The molecule has 0 aliphatic heterocycles. The molecular weight excluding hydrogens is 230 g/mol. The predicted molar refractivity (Wildman–Crippen MR) is 59.1 cm³/mol. The van der Waals surface area contributed by atoms with Gasteiger partial charge in [-0.3, -0.25) is 9.59 Å². The van der Waals surface area contributed by atoms with Crippen molar-refractivity contribution in [3.8, 4) is 0 Å². The van der Waals surface area contributed by atoms with Crippen LogP contribution in [0.15, 0.2) is 11.6 Å². The lowest BCUT2D eigenvalue weighted by atomic mass is 10.2. The van der Waals surface area contributed by atoms with E-state index in [-0.39, 0.29) is 6.42 Å². The van der Waals surface area contributed by atoms with Gasteiger partial charge in [-0.1, -0.05) is 0 Å². The summed E-state index contributed by atoms with van der Waals surface area (Å²) in [5.41, 5.74) is 5.37. The molecule has 7 heteroatoms. The van der Waals surface area contributed by atoms with Gasteiger partial charge in [-0.15, -0.1) is 11.3 Å². The van der Waals surface area contributed by atoms with E-state index in [9.17, 15) is 9.59 Å². The molecule has 0 fully saturated rings. The minimum absolute atomic E-state index is 0.358. The van der Waals surface area contributed by atoms with Gasteiger partial charge >= 0.3 is 5.97 Å². The van der Waals surface area contributed by atoms with E-state index in [1.54, 1.807) is 6.20 Å². The summed E-state index contributed by atoms with van der Waals surface area (Å²) in [6.45, 7) is 0.416. The lowest BCUT2D eigenvalue weighted by Gasteiger charge is -2.09. The molecule has 1 unspecified atom stereocenters. The molecule has 1 heterocycles. The number of hydrogen-bond acceptors (Lipinski definition) is 5. The van der Waals surface area contributed by atoms with E-state index in [1.807, 2.05) is 5.38 Å². The van der Waals surface area contributed by atoms with E-state index < -0.39 is 17.9 Å². The van der Waals surface area contributed by atoms with Gasteiger partial charge in [-0.05, 0) is 0 Å². The third kappa shape index (κ3) is 4.37. The first kappa shape index (κ1) is 12.6. The number of aromatic nitrogens is 1. The van der Waals surface area contributed by atoms with Gasteiger partial charge in [-0.2, -0.15) is 0 Å². The molecule has 0 spiro atoms. The number of carbonyl (C=O) groups excluding carboxylic acids is 1. The third-order valence-corrected chi connectivity index (χ3v) is 2.69. The highest BCUT2D eigenvalue weighted by atomic mass is 32.1. The Balaban J connectivity index is 2.22. The van der Waals surface area contributed by atoms with Crippen LogP contribution in [0.2, 0.25) is 0 Å². The van der Waals surface area contributed by atoms with E-state index >= 15 is 0 Å². The smallest absolute Gasteiger partial charge is 0.305 e. The van der Waals surface area contributed by atoms with Gasteiger partial charge < -0.3 is 16.2 Å². The summed E-state index contributed by atoms with van der Waals surface area (Å²) in [5, 5.41) is 13.8. The summed E-state index contributed by atoms with van der Waals surface area (Å²) in [5.74, 6) is -1.53. The zero-order valence-corrected chi connectivity index (χ0v) is 9.37.